The molecule has 0 amide bonds. The summed E-state index contributed by atoms with van der Waals surface area (Å²) in [6, 6.07) is 11.1. The lowest BCUT2D eigenvalue weighted by molar-refractivity contribution is -0.384. The quantitative estimate of drug-likeness (QED) is 0.580. The number of fused-ring (bicyclic) bond motifs is 1. The van der Waals surface area contributed by atoms with Gasteiger partial charge in [-0.1, -0.05) is 18.2 Å². The molecule has 0 aliphatic heterocycles. The van der Waals surface area contributed by atoms with Crippen molar-refractivity contribution in [3.05, 3.63) is 64.6 Å². The molecule has 6 heteroatoms. The van der Waals surface area contributed by atoms with Gasteiger partial charge in [0, 0.05) is 23.9 Å². The molecule has 22 heavy (non-hydrogen) atoms. The van der Waals surface area contributed by atoms with E-state index in [1.54, 1.807) is 0 Å². The maximum absolute atomic E-state index is 11.4. The van der Waals surface area contributed by atoms with Crippen LogP contribution in [0.25, 0.3) is 16.6 Å². The van der Waals surface area contributed by atoms with Gasteiger partial charge in [-0.25, -0.2) is 4.98 Å². The molecule has 6 nitrogen and oxygen atoms in total. The van der Waals surface area contributed by atoms with Crippen molar-refractivity contribution in [2.75, 3.05) is 6.61 Å². The number of aryl methyl sites for hydroxylation is 1. The van der Waals surface area contributed by atoms with Gasteiger partial charge in [-0.2, -0.15) is 0 Å². The van der Waals surface area contributed by atoms with Crippen LogP contribution < -0.4 is 0 Å². The summed E-state index contributed by atoms with van der Waals surface area (Å²) in [6.07, 6.45) is 4.37. The van der Waals surface area contributed by atoms with Gasteiger partial charge in [0.15, 0.2) is 0 Å². The second kappa shape index (κ2) is 5.95. The molecule has 0 fully saturated rings. The first-order valence-corrected chi connectivity index (χ1v) is 7.02. The Kier molecular flexibility index (Phi) is 3.84. The Labute approximate surface area is 126 Å². The van der Waals surface area contributed by atoms with Crippen molar-refractivity contribution in [3.63, 3.8) is 0 Å². The summed E-state index contributed by atoms with van der Waals surface area (Å²) in [5, 5.41) is 21.1. The van der Waals surface area contributed by atoms with E-state index in [1.165, 1.54) is 6.20 Å². The van der Waals surface area contributed by atoms with E-state index >= 15 is 0 Å². The van der Waals surface area contributed by atoms with E-state index < -0.39 is 4.92 Å². The number of benzene rings is 1. The maximum Gasteiger partial charge on any atom is 0.311 e. The van der Waals surface area contributed by atoms with Gasteiger partial charge in [-0.3, -0.25) is 10.1 Å². The molecule has 2 heterocycles. The first-order chi connectivity index (χ1) is 10.7. The fourth-order valence-corrected chi connectivity index (χ4v) is 2.60. The molecule has 3 aromatic rings. The van der Waals surface area contributed by atoms with E-state index in [4.69, 9.17) is 5.11 Å². The first-order valence-electron chi connectivity index (χ1n) is 7.02. The highest BCUT2D eigenvalue weighted by molar-refractivity contribution is 5.91. The van der Waals surface area contributed by atoms with Crippen LogP contribution in [0.1, 0.15) is 12.1 Å². The zero-order valence-corrected chi connectivity index (χ0v) is 11.8. The van der Waals surface area contributed by atoms with Gasteiger partial charge >= 0.3 is 5.69 Å². The van der Waals surface area contributed by atoms with Crippen LogP contribution in [-0.2, 0) is 6.42 Å². The van der Waals surface area contributed by atoms with Gasteiger partial charge in [-0.15, -0.1) is 0 Å². The molecular weight excluding hydrogens is 282 g/mol. The summed E-state index contributed by atoms with van der Waals surface area (Å²) in [4.78, 5) is 15.2. The van der Waals surface area contributed by atoms with Crippen LogP contribution >= 0.6 is 0 Å². The number of aromatic nitrogens is 2. The molecule has 0 saturated carbocycles. The molecule has 0 bridgehead atoms. The first kappa shape index (κ1) is 14.2. The fraction of sp³-hybridized carbons (Fsp3) is 0.188. The number of para-hydroxylation sites is 1. The van der Waals surface area contributed by atoms with E-state index in [1.807, 2.05) is 47.2 Å². The van der Waals surface area contributed by atoms with Crippen LogP contribution in [-0.4, -0.2) is 26.2 Å². The van der Waals surface area contributed by atoms with E-state index in [2.05, 4.69) is 4.98 Å². The van der Waals surface area contributed by atoms with Gasteiger partial charge in [0.25, 0.3) is 0 Å². The van der Waals surface area contributed by atoms with Crippen molar-refractivity contribution in [1.29, 1.82) is 0 Å². The molecule has 1 N–H and O–H groups in total. The molecular formula is C16H15N3O3. The number of nitro groups is 1. The van der Waals surface area contributed by atoms with Crippen LogP contribution in [0.15, 0.2) is 48.8 Å². The van der Waals surface area contributed by atoms with Crippen LogP contribution in [0, 0.1) is 10.1 Å². The summed E-state index contributed by atoms with van der Waals surface area (Å²) in [7, 11) is 0. The van der Waals surface area contributed by atoms with Crippen molar-refractivity contribution in [3.8, 4) is 5.69 Å². The number of pyridine rings is 1. The molecule has 1 aromatic carbocycles. The third-order valence-electron chi connectivity index (χ3n) is 3.59. The highest BCUT2D eigenvalue weighted by Crippen LogP contribution is 2.31. The molecule has 0 unspecified atom stereocenters. The molecule has 0 aliphatic rings. The van der Waals surface area contributed by atoms with Crippen LogP contribution in [0.5, 0.6) is 0 Å². The average molecular weight is 297 g/mol. The Morgan fingerprint density at radius 3 is 2.82 bits per heavy atom. The Morgan fingerprint density at radius 1 is 1.23 bits per heavy atom. The summed E-state index contributed by atoms with van der Waals surface area (Å²) < 4.78 is 1.82. The average Bonchev–Trinajstić information content (AvgIpc) is 2.99. The van der Waals surface area contributed by atoms with Crippen LogP contribution in [0.4, 0.5) is 5.69 Å². The molecule has 0 aliphatic carbocycles. The van der Waals surface area contributed by atoms with Crippen molar-refractivity contribution >= 4 is 16.6 Å². The van der Waals surface area contributed by atoms with Crippen molar-refractivity contribution in [2.24, 2.45) is 0 Å². The number of aliphatic hydroxyl groups excluding tert-OH is 1. The van der Waals surface area contributed by atoms with E-state index in [-0.39, 0.29) is 12.3 Å². The van der Waals surface area contributed by atoms with Gasteiger partial charge < -0.3 is 9.67 Å². The van der Waals surface area contributed by atoms with Crippen molar-refractivity contribution in [1.82, 2.24) is 9.55 Å². The highest BCUT2D eigenvalue weighted by atomic mass is 16.6. The van der Waals surface area contributed by atoms with Gasteiger partial charge in [-0.05, 0) is 31.0 Å². The minimum atomic E-state index is -0.412. The molecule has 2 aromatic heterocycles. The minimum absolute atomic E-state index is 0.0276. The molecule has 112 valence electrons. The predicted molar refractivity (Wildman–Crippen MR) is 83.1 cm³/mol. The molecule has 3 rings (SSSR count). The summed E-state index contributed by atoms with van der Waals surface area (Å²) >= 11 is 0. The van der Waals surface area contributed by atoms with Gasteiger partial charge in [0.1, 0.15) is 11.9 Å². The van der Waals surface area contributed by atoms with Crippen molar-refractivity contribution < 1.29 is 10.0 Å². The normalized spacial score (nSPS) is 11.0. The second-order valence-electron chi connectivity index (χ2n) is 4.96. The fourth-order valence-electron chi connectivity index (χ4n) is 2.60. The monoisotopic (exact) mass is 297 g/mol. The lowest BCUT2D eigenvalue weighted by Gasteiger charge is -2.12. The number of rotatable bonds is 5. The Hall–Kier alpha value is -2.73. The van der Waals surface area contributed by atoms with Crippen molar-refractivity contribution in [2.45, 2.75) is 12.8 Å². The van der Waals surface area contributed by atoms with Gasteiger partial charge in [0.05, 0.1) is 10.4 Å². The van der Waals surface area contributed by atoms with Crippen LogP contribution in [0.3, 0.4) is 0 Å². The lowest BCUT2D eigenvalue weighted by Crippen LogP contribution is -2.05. The van der Waals surface area contributed by atoms with E-state index in [0.717, 1.165) is 11.1 Å². The number of hydrogen-bond acceptors (Lipinski definition) is 4. The molecule has 0 atom stereocenters. The Morgan fingerprint density at radius 2 is 2.05 bits per heavy atom. The Bertz CT molecular complexity index is 826. The maximum atomic E-state index is 11.4. The standard InChI is InChI=1S/C16H15N3O3/c20-10-4-6-12-5-3-9-18(12)16-13-7-1-2-8-14(13)17-11-15(16)19(21)22/h1-3,5,7-9,11,20H,4,6,10H2. The Balaban J connectivity index is 2.26. The third-order valence-corrected chi connectivity index (χ3v) is 3.59. The van der Waals surface area contributed by atoms with E-state index in [0.29, 0.717) is 24.0 Å². The topological polar surface area (TPSA) is 81.2 Å². The summed E-state index contributed by atoms with van der Waals surface area (Å²) in [5.41, 5.74) is 2.13. The second-order valence-corrected chi connectivity index (χ2v) is 4.96. The third kappa shape index (κ3) is 2.44. The number of nitrogens with zero attached hydrogens (tertiary/aromatic N) is 3. The molecule has 0 spiro atoms. The molecule has 0 saturated heterocycles. The number of hydrogen-bond donors (Lipinski definition) is 1. The highest BCUT2D eigenvalue weighted by Gasteiger charge is 2.20. The molecule has 0 radical (unpaired) electrons. The SMILES string of the molecule is O=[N+]([O-])c1cnc2ccccc2c1-n1cccc1CCCO. The predicted octanol–water partition coefficient (Wildman–Crippen LogP) is 2.86. The smallest absolute Gasteiger partial charge is 0.311 e. The van der Waals surface area contributed by atoms with Crippen LogP contribution in [0.2, 0.25) is 0 Å². The zero-order chi connectivity index (χ0) is 15.5. The zero-order valence-electron chi connectivity index (χ0n) is 11.8. The summed E-state index contributed by atoms with van der Waals surface area (Å²) in [5.74, 6) is 0. The minimum Gasteiger partial charge on any atom is -0.396 e. The largest absolute Gasteiger partial charge is 0.396 e. The lowest BCUT2D eigenvalue weighted by atomic mass is 10.1. The summed E-state index contributed by atoms with van der Waals surface area (Å²) in [6.45, 7) is 0.0877. The number of aliphatic hydroxyl groups is 1. The van der Waals surface area contributed by atoms with Gasteiger partial charge in [0.2, 0.25) is 0 Å². The van der Waals surface area contributed by atoms with E-state index in [9.17, 15) is 10.1 Å².